The summed E-state index contributed by atoms with van der Waals surface area (Å²) in [6.45, 7) is 1.91. The average Bonchev–Trinajstić information content (AvgIpc) is 2.87. The van der Waals surface area contributed by atoms with E-state index in [0.717, 1.165) is 11.3 Å². The van der Waals surface area contributed by atoms with E-state index in [0.29, 0.717) is 16.7 Å². The molecule has 3 rings (SSSR count). The van der Waals surface area contributed by atoms with Gasteiger partial charge < -0.3 is 5.11 Å². The Labute approximate surface area is 124 Å². The third-order valence-electron chi connectivity index (χ3n) is 2.90. The summed E-state index contributed by atoms with van der Waals surface area (Å²) in [5, 5.41) is 13.8. The Kier molecular flexibility index (Phi) is 3.57. The Bertz CT molecular complexity index is 798. The van der Waals surface area contributed by atoms with E-state index in [9.17, 15) is 4.79 Å². The molecular weight excluding hydrogens is 288 g/mol. The molecule has 0 amide bonds. The van der Waals surface area contributed by atoms with Gasteiger partial charge in [0.05, 0.1) is 5.56 Å². The summed E-state index contributed by atoms with van der Waals surface area (Å²) in [4.78, 5) is 19.4. The lowest BCUT2D eigenvalue weighted by molar-refractivity contribution is 0.0697. The van der Waals surface area contributed by atoms with Crippen molar-refractivity contribution in [1.29, 1.82) is 0 Å². The zero-order chi connectivity index (χ0) is 14.8. The van der Waals surface area contributed by atoms with Gasteiger partial charge in [-0.2, -0.15) is 4.98 Å². The lowest BCUT2D eigenvalue weighted by Crippen LogP contribution is -1.95. The quantitative estimate of drug-likeness (QED) is 0.745. The van der Waals surface area contributed by atoms with Crippen LogP contribution >= 0.6 is 11.8 Å². The summed E-state index contributed by atoms with van der Waals surface area (Å²) in [6.07, 6.45) is 1.83. The normalized spacial score (nSPS) is 10.9. The second-order valence-electron chi connectivity index (χ2n) is 4.50. The predicted octanol–water partition coefficient (Wildman–Crippen LogP) is 2.42. The summed E-state index contributed by atoms with van der Waals surface area (Å²) >= 11 is 1.49. The zero-order valence-corrected chi connectivity index (χ0v) is 12.0. The highest BCUT2D eigenvalue weighted by molar-refractivity contribution is 7.98. The van der Waals surface area contributed by atoms with Gasteiger partial charge in [0, 0.05) is 17.6 Å². The predicted molar refractivity (Wildman–Crippen MR) is 78.5 cm³/mol. The Morgan fingerprint density at radius 1 is 1.24 bits per heavy atom. The molecule has 0 unspecified atom stereocenters. The van der Waals surface area contributed by atoms with Crippen LogP contribution in [0.15, 0.2) is 41.7 Å². The molecule has 0 aliphatic rings. The van der Waals surface area contributed by atoms with Crippen LogP contribution in [-0.2, 0) is 5.75 Å². The van der Waals surface area contributed by atoms with Crippen LogP contribution in [0.3, 0.4) is 0 Å². The molecule has 3 aromatic rings. The van der Waals surface area contributed by atoms with E-state index >= 15 is 0 Å². The van der Waals surface area contributed by atoms with E-state index in [4.69, 9.17) is 5.11 Å². The first-order valence-corrected chi connectivity index (χ1v) is 7.25. The highest BCUT2D eigenvalue weighted by atomic mass is 32.2. The molecule has 7 heteroatoms. The van der Waals surface area contributed by atoms with E-state index in [1.807, 2.05) is 19.2 Å². The second-order valence-corrected chi connectivity index (χ2v) is 5.44. The number of aromatic carboxylic acids is 1. The molecule has 0 bridgehead atoms. The summed E-state index contributed by atoms with van der Waals surface area (Å²) in [5.41, 5.74) is 2.21. The van der Waals surface area contributed by atoms with Crippen LogP contribution in [-0.4, -0.2) is 30.7 Å². The van der Waals surface area contributed by atoms with Gasteiger partial charge in [-0.15, -0.1) is 5.10 Å². The van der Waals surface area contributed by atoms with Crippen LogP contribution in [0.5, 0.6) is 0 Å². The van der Waals surface area contributed by atoms with Gasteiger partial charge in [-0.3, -0.25) is 0 Å². The lowest BCUT2D eigenvalue weighted by atomic mass is 10.1. The fourth-order valence-electron chi connectivity index (χ4n) is 1.80. The number of benzene rings is 1. The van der Waals surface area contributed by atoms with E-state index in [1.54, 1.807) is 28.8 Å². The number of aryl methyl sites for hydroxylation is 1. The number of hydrogen-bond acceptors (Lipinski definition) is 5. The van der Waals surface area contributed by atoms with Gasteiger partial charge in [-0.25, -0.2) is 14.3 Å². The third-order valence-corrected chi connectivity index (χ3v) is 3.80. The first-order valence-electron chi connectivity index (χ1n) is 6.27. The van der Waals surface area contributed by atoms with Crippen molar-refractivity contribution in [2.24, 2.45) is 0 Å². The summed E-state index contributed by atoms with van der Waals surface area (Å²) in [6, 6.07) is 8.67. The number of rotatable bonds is 4. The maximum absolute atomic E-state index is 10.8. The fourth-order valence-corrected chi connectivity index (χ4v) is 2.58. The van der Waals surface area contributed by atoms with E-state index < -0.39 is 5.97 Å². The van der Waals surface area contributed by atoms with Gasteiger partial charge >= 0.3 is 5.97 Å². The van der Waals surface area contributed by atoms with Crippen LogP contribution in [0.4, 0.5) is 0 Å². The van der Waals surface area contributed by atoms with Crippen molar-refractivity contribution in [3.05, 3.63) is 53.3 Å². The van der Waals surface area contributed by atoms with E-state index in [-0.39, 0.29) is 5.56 Å². The van der Waals surface area contributed by atoms with Crippen molar-refractivity contribution >= 4 is 23.5 Å². The molecular formula is C14H12N4O2S. The number of carbonyl (C=O) groups is 1. The largest absolute Gasteiger partial charge is 0.478 e. The molecule has 2 heterocycles. The number of carboxylic acid groups (broad SMARTS) is 1. The van der Waals surface area contributed by atoms with Crippen molar-refractivity contribution < 1.29 is 9.90 Å². The minimum atomic E-state index is -0.919. The minimum absolute atomic E-state index is 0.286. The highest BCUT2D eigenvalue weighted by Gasteiger charge is 2.07. The highest BCUT2D eigenvalue weighted by Crippen LogP contribution is 2.20. The second kappa shape index (κ2) is 5.53. The molecule has 0 radical (unpaired) electrons. The van der Waals surface area contributed by atoms with Gasteiger partial charge in [-0.05, 0) is 30.7 Å². The average molecular weight is 300 g/mol. The standard InChI is InChI=1S/C14H12N4O2S/c1-9-6-7-18-13(15-9)16-14(17-18)21-8-10-2-4-11(5-3-10)12(19)20/h2-7H,8H2,1H3,(H,19,20). The number of fused-ring (bicyclic) bond motifs is 1. The zero-order valence-electron chi connectivity index (χ0n) is 11.2. The van der Waals surface area contributed by atoms with Crippen LogP contribution in [0, 0.1) is 6.92 Å². The van der Waals surface area contributed by atoms with E-state index in [2.05, 4.69) is 15.1 Å². The van der Waals surface area contributed by atoms with Crippen LogP contribution in [0.1, 0.15) is 21.6 Å². The molecule has 0 aliphatic carbocycles. The maximum Gasteiger partial charge on any atom is 0.335 e. The SMILES string of the molecule is Cc1ccn2nc(SCc3ccc(C(=O)O)cc3)nc2n1. The van der Waals surface area contributed by atoms with Gasteiger partial charge in [-0.1, -0.05) is 23.9 Å². The molecule has 0 saturated carbocycles. The first-order chi connectivity index (χ1) is 10.1. The Hall–Kier alpha value is -2.41. The molecule has 1 aromatic carbocycles. The van der Waals surface area contributed by atoms with Crippen molar-refractivity contribution in [2.45, 2.75) is 17.8 Å². The monoisotopic (exact) mass is 300 g/mol. The summed E-state index contributed by atoms with van der Waals surface area (Å²) in [7, 11) is 0. The van der Waals surface area contributed by atoms with Gasteiger partial charge in [0.1, 0.15) is 0 Å². The van der Waals surface area contributed by atoms with Crippen molar-refractivity contribution in [3.63, 3.8) is 0 Å². The van der Waals surface area contributed by atoms with Crippen molar-refractivity contribution in [2.75, 3.05) is 0 Å². The molecule has 0 atom stereocenters. The molecule has 106 valence electrons. The topological polar surface area (TPSA) is 80.4 Å². The van der Waals surface area contributed by atoms with Crippen molar-refractivity contribution in [3.8, 4) is 0 Å². The number of nitrogens with zero attached hydrogens (tertiary/aromatic N) is 4. The maximum atomic E-state index is 10.8. The lowest BCUT2D eigenvalue weighted by Gasteiger charge is -1.99. The number of aromatic nitrogens is 4. The summed E-state index contributed by atoms with van der Waals surface area (Å²) < 4.78 is 1.64. The Morgan fingerprint density at radius 3 is 2.71 bits per heavy atom. The van der Waals surface area contributed by atoms with Crippen LogP contribution < -0.4 is 0 Å². The van der Waals surface area contributed by atoms with Gasteiger partial charge in [0.2, 0.25) is 5.16 Å². The van der Waals surface area contributed by atoms with Crippen LogP contribution in [0.25, 0.3) is 5.78 Å². The number of thioether (sulfide) groups is 1. The Morgan fingerprint density at radius 2 is 2.00 bits per heavy atom. The van der Waals surface area contributed by atoms with Gasteiger partial charge in [0.25, 0.3) is 5.78 Å². The molecule has 1 N–H and O–H groups in total. The van der Waals surface area contributed by atoms with Crippen molar-refractivity contribution in [1.82, 2.24) is 19.6 Å². The molecule has 0 saturated heterocycles. The summed E-state index contributed by atoms with van der Waals surface area (Å²) in [5.74, 6) is 0.340. The molecule has 6 nitrogen and oxygen atoms in total. The number of hydrogen-bond donors (Lipinski definition) is 1. The molecule has 0 spiro atoms. The smallest absolute Gasteiger partial charge is 0.335 e. The van der Waals surface area contributed by atoms with Gasteiger partial charge in [0.15, 0.2) is 0 Å². The third kappa shape index (κ3) is 3.03. The fraction of sp³-hybridized carbons (Fsp3) is 0.143. The molecule has 21 heavy (non-hydrogen) atoms. The minimum Gasteiger partial charge on any atom is -0.478 e. The number of carboxylic acids is 1. The molecule has 2 aromatic heterocycles. The Balaban J connectivity index is 1.72. The molecule has 0 fully saturated rings. The van der Waals surface area contributed by atoms with E-state index in [1.165, 1.54) is 11.8 Å². The molecule has 0 aliphatic heterocycles. The first kappa shape index (κ1) is 13.6. The van der Waals surface area contributed by atoms with Crippen LogP contribution in [0.2, 0.25) is 0 Å².